The summed E-state index contributed by atoms with van der Waals surface area (Å²) in [6.07, 6.45) is 0. The molecule has 10 aromatic rings. The summed E-state index contributed by atoms with van der Waals surface area (Å²) in [5.74, 6) is 2.33. The molecule has 4 aromatic heterocycles. The van der Waals surface area contributed by atoms with E-state index in [0.29, 0.717) is 34.5 Å². The van der Waals surface area contributed by atoms with Crippen LogP contribution in [0.4, 0.5) is 0 Å². The second-order valence-electron chi connectivity index (χ2n) is 11.5. The van der Waals surface area contributed by atoms with Gasteiger partial charge >= 0.3 is 0 Å². The van der Waals surface area contributed by atoms with Gasteiger partial charge in [0.15, 0.2) is 23.1 Å². The van der Waals surface area contributed by atoms with Crippen LogP contribution in [0, 0.1) is 0 Å². The van der Waals surface area contributed by atoms with Gasteiger partial charge in [-0.2, -0.15) is 0 Å². The summed E-state index contributed by atoms with van der Waals surface area (Å²) in [6.45, 7) is 0. The average Bonchev–Trinajstić information content (AvgIpc) is 3.83. The maximum Gasteiger partial charge on any atom is 0.228 e. The van der Waals surface area contributed by atoms with E-state index in [2.05, 4.69) is 12.1 Å². The fourth-order valence-electron chi connectivity index (χ4n) is 6.34. The minimum atomic E-state index is 0.537. The highest BCUT2D eigenvalue weighted by Gasteiger charge is 2.19. The van der Waals surface area contributed by atoms with Crippen molar-refractivity contribution in [3.63, 3.8) is 0 Å². The molecule has 0 fully saturated rings. The summed E-state index contributed by atoms with van der Waals surface area (Å²) in [5.41, 5.74) is 8.03. The molecule has 0 bridgehead atoms. The molecule has 0 unspecified atom stereocenters. The molecular formula is C40H22N4O3. The first-order valence-electron chi connectivity index (χ1n) is 15.3. The monoisotopic (exact) mass is 606 g/mol. The van der Waals surface area contributed by atoms with Crippen LogP contribution in [0.1, 0.15) is 0 Å². The number of hydrogen-bond acceptors (Lipinski definition) is 7. The Kier molecular flexibility index (Phi) is 5.44. The van der Waals surface area contributed by atoms with Gasteiger partial charge in [-0.25, -0.2) is 19.9 Å². The van der Waals surface area contributed by atoms with Crippen molar-refractivity contribution in [2.75, 3.05) is 0 Å². The molecule has 0 saturated carbocycles. The predicted octanol–water partition coefficient (Wildman–Crippen LogP) is 10.5. The van der Waals surface area contributed by atoms with Gasteiger partial charge in [0.05, 0.1) is 0 Å². The molecule has 7 nitrogen and oxygen atoms in total. The number of fused-ring (bicyclic) bond motifs is 7. The molecule has 10 rings (SSSR count). The van der Waals surface area contributed by atoms with Crippen molar-refractivity contribution >= 4 is 55.0 Å². The first-order chi connectivity index (χ1) is 23.2. The van der Waals surface area contributed by atoms with Gasteiger partial charge in [-0.1, -0.05) is 91.0 Å². The SMILES string of the molecule is c1ccc(-c2nc(-c3ccccc3)nc(-c3ccc4c(c3)oc3cc5oc(-c6cccc7oc8ccccc8c67)nc5cc34)n2)cc1. The van der Waals surface area contributed by atoms with Crippen LogP contribution < -0.4 is 0 Å². The van der Waals surface area contributed by atoms with E-state index in [1.54, 1.807) is 0 Å². The van der Waals surface area contributed by atoms with E-state index in [1.165, 1.54) is 0 Å². The second-order valence-corrected chi connectivity index (χ2v) is 11.5. The smallest absolute Gasteiger partial charge is 0.228 e. The summed E-state index contributed by atoms with van der Waals surface area (Å²) in [5, 5.41) is 3.94. The van der Waals surface area contributed by atoms with Gasteiger partial charge in [0.25, 0.3) is 0 Å². The fraction of sp³-hybridized carbons (Fsp3) is 0. The molecule has 47 heavy (non-hydrogen) atoms. The van der Waals surface area contributed by atoms with E-state index >= 15 is 0 Å². The van der Waals surface area contributed by atoms with Crippen LogP contribution in [0.15, 0.2) is 147 Å². The number of para-hydroxylation sites is 1. The van der Waals surface area contributed by atoms with Crippen molar-refractivity contribution in [1.82, 2.24) is 19.9 Å². The molecule has 0 N–H and O–H groups in total. The highest BCUT2D eigenvalue weighted by Crippen LogP contribution is 2.39. The molecule has 0 atom stereocenters. The van der Waals surface area contributed by atoms with Gasteiger partial charge in [-0.05, 0) is 36.4 Å². The number of oxazole rings is 1. The number of aromatic nitrogens is 4. The molecule has 0 saturated heterocycles. The van der Waals surface area contributed by atoms with Crippen molar-refractivity contribution in [3.8, 4) is 45.6 Å². The van der Waals surface area contributed by atoms with Crippen LogP contribution in [-0.4, -0.2) is 19.9 Å². The predicted molar refractivity (Wildman–Crippen MR) is 184 cm³/mol. The normalized spacial score (nSPS) is 11.8. The van der Waals surface area contributed by atoms with Gasteiger partial charge < -0.3 is 13.3 Å². The lowest BCUT2D eigenvalue weighted by molar-refractivity contribution is 0.618. The van der Waals surface area contributed by atoms with Crippen LogP contribution >= 0.6 is 0 Å². The largest absolute Gasteiger partial charge is 0.456 e. The van der Waals surface area contributed by atoms with E-state index in [4.69, 9.17) is 33.2 Å². The van der Waals surface area contributed by atoms with Crippen molar-refractivity contribution in [3.05, 3.63) is 133 Å². The van der Waals surface area contributed by atoms with Gasteiger partial charge in [0, 0.05) is 49.9 Å². The molecule has 7 heteroatoms. The molecule has 0 amide bonds. The van der Waals surface area contributed by atoms with Crippen LogP contribution in [0.25, 0.3) is 101 Å². The van der Waals surface area contributed by atoms with Crippen LogP contribution in [0.2, 0.25) is 0 Å². The minimum Gasteiger partial charge on any atom is -0.456 e. The molecule has 4 heterocycles. The lowest BCUT2D eigenvalue weighted by Gasteiger charge is -2.08. The molecule has 0 spiro atoms. The summed E-state index contributed by atoms with van der Waals surface area (Å²) in [4.78, 5) is 19.5. The average molecular weight is 607 g/mol. The standard InChI is InChI=1S/C40H22N4O3/c1-3-10-23(11-4-1)37-42-38(24-12-5-2-6-13-24)44-39(43-37)25-18-19-26-29-21-30-35(22-34(29)46-33(26)20-25)47-40(41-30)28-15-9-17-32-36(28)27-14-7-8-16-31(27)45-32/h1-22H. The molecule has 0 aliphatic carbocycles. The lowest BCUT2D eigenvalue weighted by atomic mass is 10.1. The van der Waals surface area contributed by atoms with Crippen molar-refractivity contribution in [2.24, 2.45) is 0 Å². The Balaban J connectivity index is 1.09. The Bertz CT molecular complexity index is 2740. The number of furan rings is 2. The minimum absolute atomic E-state index is 0.537. The number of hydrogen-bond donors (Lipinski definition) is 0. The van der Waals surface area contributed by atoms with E-state index in [-0.39, 0.29) is 0 Å². The molecule has 0 aliphatic heterocycles. The maximum absolute atomic E-state index is 6.41. The second kappa shape index (κ2) is 9.95. The summed E-state index contributed by atoms with van der Waals surface area (Å²) >= 11 is 0. The summed E-state index contributed by atoms with van der Waals surface area (Å²) < 4.78 is 18.8. The van der Waals surface area contributed by atoms with Crippen LogP contribution in [-0.2, 0) is 0 Å². The number of nitrogens with zero attached hydrogens (tertiary/aromatic N) is 4. The third kappa shape index (κ3) is 4.14. The maximum atomic E-state index is 6.41. The zero-order valence-corrected chi connectivity index (χ0v) is 24.7. The molecular weight excluding hydrogens is 584 g/mol. The van der Waals surface area contributed by atoms with E-state index in [9.17, 15) is 0 Å². The Hall–Kier alpha value is -6.60. The third-order valence-corrected chi connectivity index (χ3v) is 8.57. The first-order valence-corrected chi connectivity index (χ1v) is 15.3. The van der Waals surface area contributed by atoms with Gasteiger partial charge in [-0.15, -0.1) is 0 Å². The highest BCUT2D eigenvalue weighted by molar-refractivity contribution is 6.13. The van der Waals surface area contributed by atoms with Crippen LogP contribution in [0.5, 0.6) is 0 Å². The molecule has 6 aromatic carbocycles. The Labute approximate surface area is 266 Å². The summed E-state index contributed by atoms with van der Waals surface area (Å²) in [7, 11) is 0. The lowest BCUT2D eigenvalue weighted by Crippen LogP contribution is -2.00. The van der Waals surface area contributed by atoms with E-state index in [0.717, 1.165) is 66.1 Å². The molecule has 220 valence electrons. The van der Waals surface area contributed by atoms with Gasteiger partial charge in [0.1, 0.15) is 27.8 Å². The van der Waals surface area contributed by atoms with Crippen molar-refractivity contribution in [1.29, 1.82) is 0 Å². The Morgan fingerprint density at radius 2 is 1.00 bits per heavy atom. The van der Waals surface area contributed by atoms with E-state index < -0.39 is 0 Å². The Morgan fingerprint density at radius 3 is 1.77 bits per heavy atom. The zero-order chi connectivity index (χ0) is 30.9. The van der Waals surface area contributed by atoms with Crippen molar-refractivity contribution in [2.45, 2.75) is 0 Å². The van der Waals surface area contributed by atoms with E-state index in [1.807, 2.05) is 121 Å². The molecule has 0 radical (unpaired) electrons. The Morgan fingerprint density at radius 1 is 0.362 bits per heavy atom. The number of rotatable bonds is 4. The quantitative estimate of drug-likeness (QED) is 0.197. The summed E-state index contributed by atoms with van der Waals surface area (Å²) in [6, 6.07) is 43.9. The van der Waals surface area contributed by atoms with Gasteiger partial charge in [0.2, 0.25) is 5.89 Å². The number of benzene rings is 6. The zero-order valence-electron chi connectivity index (χ0n) is 24.7. The fourth-order valence-corrected chi connectivity index (χ4v) is 6.34. The highest BCUT2D eigenvalue weighted by atomic mass is 16.4. The van der Waals surface area contributed by atoms with Crippen molar-refractivity contribution < 1.29 is 13.3 Å². The van der Waals surface area contributed by atoms with Gasteiger partial charge in [-0.3, -0.25) is 0 Å². The first kappa shape index (κ1) is 25.7. The third-order valence-electron chi connectivity index (χ3n) is 8.57. The molecule has 0 aliphatic rings. The topological polar surface area (TPSA) is 91.0 Å². The van der Waals surface area contributed by atoms with Crippen LogP contribution in [0.3, 0.4) is 0 Å².